The Kier molecular flexibility index (Phi) is 9.15. The Hall–Kier alpha value is -2.71. The Balaban J connectivity index is 6.07. The quantitative estimate of drug-likeness (QED) is 0.143. The van der Waals surface area contributed by atoms with Crippen molar-refractivity contribution >= 4 is 12.1 Å². The Morgan fingerprint density at radius 3 is 1.35 bits per heavy atom. The molecule has 1 amide bonds. The molecule has 0 saturated heterocycles. The first-order chi connectivity index (χ1) is 16.0. The van der Waals surface area contributed by atoms with Crippen LogP contribution in [0.1, 0.15) is 6.92 Å². The van der Waals surface area contributed by atoms with E-state index in [-0.39, 0.29) is 5.57 Å². The van der Waals surface area contributed by atoms with Crippen LogP contribution in [0.2, 0.25) is 0 Å². The van der Waals surface area contributed by atoms with Crippen molar-refractivity contribution in [3.8, 4) is 0 Å². The number of amides is 1. The Labute approximate surface area is 192 Å². The average Bonchev–Trinajstić information content (AvgIpc) is 2.68. The van der Waals surface area contributed by atoms with Crippen LogP contribution in [0.3, 0.4) is 0 Å². The van der Waals surface area contributed by atoms with Gasteiger partial charge in [-0.1, -0.05) is 6.58 Å². The van der Waals surface area contributed by atoms with Crippen molar-refractivity contribution in [1.29, 1.82) is 0 Å². The molecule has 0 spiro atoms. The van der Waals surface area contributed by atoms with E-state index in [0.717, 1.165) is 12.2 Å². The van der Waals surface area contributed by atoms with E-state index in [4.69, 9.17) is 0 Å². The predicted molar refractivity (Wildman–Crippen MR) is 80.9 cm³/mol. The molecule has 0 aliphatic carbocycles. The summed E-state index contributed by atoms with van der Waals surface area (Å²) in [6.45, 7) is 1.99. The second-order valence-electron chi connectivity index (χ2n) is 6.69. The fourth-order valence-electron chi connectivity index (χ4n) is 1.79. The van der Waals surface area contributed by atoms with E-state index in [1.165, 1.54) is 0 Å². The Morgan fingerprint density at radius 2 is 1.00 bits per heavy atom. The first-order valence-electron chi connectivity index (χ1n) is 8.48. The number of carbonyl (C=O) groups excluding carboxylic acids is 2. The predicted octanol–water partition coefficient (Wildman–Crippen LogP) is 5.80. The van der Waals surface area contributed by atoms with Gasteiger partial charge >= 0.3 is 59.9 Å². The molecule has 0 fully saturated rings. The molecule has 0 aromatic heterocycles. The summed E-state index contributed by atoms with van der Waals surface area (Å²) in [6.07, 6.45) is -18.1. The molecule has 1 N–H and O–H groups in total. The van der Waals surface area contributed by atoms with Crippen molar-refractivity contribution in [2.24, 2.45) is 0 Å². The van der Waals surface area contributed by atoms with Crippen molar-refractivity contribution in [2.75, 3.05) is 13.2 Å². The molecule has 0 heterocycles. The zero-order valence-electron chi connectivity index (χ0n) is 17.2. The minimum absolute atomic E-state index is 0.271. The van der Waals surface area contributed by atoms with Gasteiger partial charge in [-0.25, -0.2) is 9.59 Å². The van der Waals surface area contributed by atoms with Crippen LogP contribution >= 0.6 is 0 Å². The molecule has 0 aromatic rings. The monoisotopic (exact) mass is 591 g/mol. The number of carbonyl (C=O) groups is 2. The molecule has 0 aliphatic rings. The number of nitrogens with one attached hydrogen (secondary N) is 1. The van der Waals surface area contributed by atoms with Crippen LogP contribution in [0, 0.1) is 0 Å². The highest BCUT2D eigenvalue weighted by atomic mass is 19.4. The van der Waals surface area contributed by atoms with Gasteiger partial charge in [0.25, 0.3) is 0 Å². The van der Waals surface area contributed by atoms with Crippen molar-refractivity contribution in [3.63, 3.8) is 0 Å². The van der Waals surface area contributed by atoms with E-state index in [2.05, 4.69) is 16.1 Å². The lowest BCUT2D eigenvalue weighted by Gasteiger charge is -2.42. The highest BCUT2D eigenvalue weighted by Crippen LogP contribution is 2.64. The molecule has 5 nitrogen and oxygen atoms in total. The smallest absolute Gasteiger partial charge is 0.460 e. The van der Waals surface area contributed by atoms with E-state index in [1.807, 2.05) is 0 Å². The maximum absolute atomic E-state index is 13.5. The van der Waals surface area contributed by atoms with Crippen LogP contribution < -0.4 is 5.32 Å². The minimum Gasteiger partial charge on any atom is -0.460 e. The van der Waals surface area contributed by atoms with Crippen LogP contribution in [-0.4, -0.2) is 73.0 Å². The highest BCUT2D eigenvalue weighted by molar-refractivity contribution is 5.86. The summed E-state index contributed by atoms with van der Waals surface area (Å²) in [5, 5.41) is 0.980. The number of hydrogen-bond donors (Lipinski definition) is 1. The summed E-state index contributed by atoms with van der Waals surface area (Å²) in [6, 6.07) is 0. The molecule has 22 heteroatoms. The molecule has 218 valence electrons. The highest BCUT2D eigenvalue weighted by Gasteiger charge is 2.95. The second-order valence-corrected chi connectivity index (χ2v) is 6.69. The van der Waals surface area contributed by atoms with Gasteiger partial charge in [0.1, 0.15) is 6.61 Å². The molecule has 37 heavy (non-hydrogen) atoms. The molecule has 0 unspecified atom stereocenters. The normalized spacial score (nSPS) is 14.8. The summed E-state index contributed by atoms with van der Waals surface area (Å²) in [7, 11) is 0. The standard InChI is InChI=1S/C15H10F17NO4/c1-5(2)6(34)36-4-3-33-7(35)37-15(31,32)13(26,27)11(22,23)9(18,19)8(16,17)10(20,21)12(24,25)14(28,29)30/h1,3-4H2,2H3,(H,33,35). The van der Waals surface area contributed by atoms with Gasteiger partial charge in [0, 0.05) is 5.57 Å². The SMILES string of the molecule is C=C(C)C(=O)OCCNC(=O)OC(F)(F)C(F)(F)C(F)(F)C(F)(F)C(F)(F)C(F)(F)C(F)(F)C(F)(F)F. The first-order valence-corrected chi connectivity index (χ1v) is 8.48. The number of alkyl carbamates (subject to hydrolysis) is 1. The van der Waals surface area contributed by atoms with E-state index in [0.29, 0.717) is 0 Å². The van der Waals surface area contributed by atoms with Crippen LogP contribution in [0.25, 0.3) is 0 Å². The molecule has 0 bridgehead atoms. The fraction of sp³-hybridized carbons (Fsp3) is 0.733. The van der Waals surface area contributed by atoms with E-state index >= 15 is 0 Å². The van der Waals surface area contributed by atoms with Gasteiger partial charge in [0.2, 0.25) is 0 Å². The van der Waals surface area contributed by atoms with Gasteiger partial charge in [0.15, 0.2) is 0 Å². The third-order valence-electron chi connectivity index (χ3n) is 3.87. The van der Waals surface area contributed by atoms with Crippen LogP contribution in [0.4, 0.5) is 79.4 Å². The maximum atomic E-state index is 13.5. The largest absolute Gasteiger partial charge is 0.474 e. The van der Waals surface area contributed by atoms with Gasteiger partial charge < -0.3 is 14.8 Å². The van der Waals surface area contributed by atoms with Gasteiger partial charge in [-0.2, -0.15) is 74.6 Å². The van der Waals surface area contributed by atoms with E-state index < -0.39 is 73.0 Å². The molecule has 0 atom stereocenters. The lowest BCUT2D eigenvalue weighted by Crippen LogP contribution is -2.74. The van der Waals surface area contributed by atoms with Crippen molar-refractivity contribution in [2.45, 2.75) is 54.7 Å². The zero-order chi connectivity index (χ0) is 30.3. The summed E-state index contributed by atoms with van der Waals surface area (Å²) in [4.78, 5) is 22.0. The molecule has 0 rings (SSSR count). The number of alkyl halides is 17. The molecule has 0 aliphatic heterocycles. The summed E-state index contributed by atoms with van der Waals surface area (Å²) in [5.74, 6) is -52.4. The molecular formula is C15H10F17NO4. The Morgan fingerprint density at radius 1 is 0.649 bits per heavy atom. The van der Waals surface area contributed by atoms with Crippen molar-refractivity contribution in [1.82, 2.24) is 5.32 Å². The van der Waals surface area contributed by atoms with Crippen molar-refractivity contribution in [3.05, 3.63) is 12.2 Å². The average molecular weight is 591 g/mol. The van der Waals surface area contributed by atoms with Crippen LogP contribution in [0.15, 0.2) is 12.2 Å². The first kappa shape index (κ1) is 34.3. The molecule has 0 saturated carbocycles. The van der Waals surface area contributed by atoms with Crippen LogP contribution in [0.5, 0.6) is 0 Å². The molecular weight excluding hydrogens is 581 g/mol. The maximum Gasteiger partial charge on any atom is 0.474 e. The summed E-state index contributed by atoms with van der Waals surface area (Å²) < 4.78 is 228. The zero-order valence-corrected chi connectivity index (χ0v) is 17.2. The Bertz CT molecular complexity index is 880. The summed E-state index contributed by atoms with van der Waals surface area (Å²) in [5.41, 5.74) is -0.271. The van der Waals surface area contributed by atoms with Gasteiger partial charge in [-0.05, 0) is 6.92 Å². The second kappa shape index (κ2) is 9.87. The third-order valence-corrected chi connectivity index (χ3v) is 3.87. The van der Waals surface area contributed by atoms with Gasteiger partial charge in [0.05, 0.1) is 6.54 Å². The van der Waals surface area contributed by atoms with E-state index in [1.54, 1.807) is 0 Å². The molecule has 0 aromatic carbocycles. The molecule has 0 radical (unpaired) electrons. The third kappa shape index (κ3) is 5.60. The van der Waals surface area contributed by atoms with E-state index in [9.17, 15) is 84.2 Å². The minimum atomic E-state index is -8.79. The topological polar surface area (TPSA) is 64.6 Å². The number of halogens is 17. The fourth-order valence-corrected chi connectivity index (χ4v) is 1.79. The number of hydrogen-bond acceptors (Lipinski definition) is 4. The van der Waals surface area contributed by atoms with Gasteiger partial charge in [-0.15, -0.1) is 0 Å². The lowest BCUT2D eigenvalue weighted by molar-refractivity contribution is -0.473. The number of esters is 1. The number of ether oxygens (including phenoxy) is 2. The lowest BCUT2D eigenvalue weighted by atomic mass is 9.90. The summed E-state index contributed by atoms with van der Waals surface area (Å²) >= 11 is 0. The van der Waals surface area contributed by atoms with Gasteiger partial charge in [-0.3, -0.25) is 0 Å². The van der Waals surface area contributed by atoms with Crippen LogP contribution in [-0.2, 0) is 14.3 Å². The van der Waals surface area contributed by atoms with Crippen molar-refractivity contribution < 1.29 is 93.7 Å². The number of rotatable bonds is 11.